The summed E-state index contributed by atoms with van der Waals surface area (Å²) >= 11 is 0.500. The van der Waals surface area contributed by atoms with Gasteiger partial charge in [-0.15, -0.1) is 0 Å². The number of hydrogen-bond donors (Lipinski definition) is 3. The van der Waals surface area contributed by atoms with Gasteiger partial charge in [0.15, 0.2) is 0 Å². The number of aliphatic hydroxyl groups excluding tert-OH is 1. The molecule has 3 nitrogen and oxygen atoms in total. The molecule has 104 valence electrons. The number of aliphatic hydroxyl groups is 2. The number of rotatable bonds is 3. The quantitative estimate of drug-likeness (QED) is 0.552. The van der Waals surface area contributed by atoms with Crippen molar-refractivity contribution in [2.45, 2.75) is 43.9 Å². The summed E-state index contributed by atoms with van der Waals surface area (Å²) in [6, 6.07) is 0. The van der Waals surface area contributed by atoms with E-state index >= 15 is 0 Å². The fraction of sp³-hybridized carbons (Fsp3) is 0.714. The molecule has 0 aliphatic heterocycles. The van der Waals surface area contributed by atoms with Crippen LogP contribution in [0, 0.1) is 5.92 Å². The zero-order valence-electron chi connectivity index (χ0n) is 12.7. The molecule has 1 aliphatic carbocycles. The third-order valence-corrected chi connectivity index (χ3v) is 3.76. The first-order chi connectivity index (χ1) is 8.30. The molecule has 0 radical (unpaired) electrons. The van der Waals surface area contributed by atoms with Crippen molar-refractivity contribution in [3.8, 4) is 0 Å². The molecule has 3 N–H and O–H groups in total. The van der Waals surface area contributed by atoms with Crippen LogP contribution in [0.2, 0.25) is 10.5 Å². The molecule has 18 heavy (non-hydrogen) atoms. The Balaban J connectivity index is 0.000000873. The zero-order chi connectivity index (χ0) is 14.5. The second kappa shape index (κ2) is 7.61. The van der Waals surface area contributed by atoms with Crippen LogP contribution in [0.1, 0.15) is 27.7 Å². The maximum atomic E-state index is 10.3. The van der Waals surface area contributed by atoms with Gasteiger partial charge in [0.2, 0.25) is 0 Å². The molecule has 0 aromatic rings. The minimum atomic E-state index is -1.24. The summed E-state index contributed by atoms with van der Waals surface area (Å²) in [6.45, 7) is 7.85. The Hall–Kier alpha value is 0.0743. The van der Waals surface area contributed by atoms with Gasteiger partial charge in [0, 0.05) is 5.92 Å². The second-order valence-corrected chi connectivity index (χ2v) is 6.44. The molecule has 0 heterocycles. The molecule has 0 bridgehead atoms. The molecule has 1 atom stereocenters. The Labute approximate surface area is 120 Å². The Bertz CT molecular complexity index is 320. The summed E-state index contributed by atoms with van der Waals surface area (Å²) < 4.78 is 0. The van der Waals surface area contributed by atoms with Gasteiger partial charge < -0.3 is 10.2 Å². The van der Waals surface area contributed by atoms with E-state index in [-0.39, 0.29) is 12.5 Å². The monoisotopic (exact) mass is 289 g/mol. The summed E-state index contributed by atoms with van der Waals surface area (Å²) in [6.07, 6.45) is 0. The van der Waals surface area contributed by atoms with E-state index in [0.717, 1.165) is 11.1 Å². The maximum absolute atomic E-state index is 10.3. The first-order valence-corrected chi connectivity index (χ1v) is 9.38. The van der Waals surface area contributed by atoms with E-state index in [2.05, 4.69) is 29.6 Å². The topological polar surface area (TPSA) is 52.5 Å². The van der Waals surface area contributed by atoms with E-state index in [0.29, 0.717) is 19.2 Å². The number of likely N-dealkylation sites (N-methyl/N-ethyl adjacent to an activating group) is 1. The summed E-state index contributed by atoms with van der Waals surface area (Å²) in [7, 11) is 1.67. The van der Waals surface area contributed by atoms with E-state index in [9.17, 15) is 10.2 Å². The predicted octanol–water partition coefficient (Wildman–Crippen LogP) is 2.35. The molecule has 1 rings (SSSR count). The van der Waals surface area contributed by atoms with Crippen LogP contribution in [0.3, 0.4) is 0 Å². The first kappa shape index (κ1) is 18.1. The van der Waals surface area contributed by atoms with E-state index < -0.39 is 5.72 Å². The van der Waals surface area contributed by atoms with Crippen molar-refractivity contribution in [2.75, 3.05) is 13.7 Å². The van der Waals surface area contributed by atoms with Crippen molar-refractivity contribution in [2.24, 2.45) is 5.92 Å². The van der Waals surface area contributed by atoms with Crippen LogP contribution in [-0.4, -0.2) is 29.6 Å². The summed E-state index contributed by atoms with van der Waals surface area (Å²) in [4.78, 5) is 0. The molecule has 0 aromatic heterocycles. The van der Waals surface area contributed by atoms with E-state index in [1.807, 2.05) is 13.8 Å². The summed E-state index contributed by atoms with van der Waals surface area (Å²) in [5, 5.41) is 26.9. The third kappa shape index (κ3) is 3.55. The Morgan fingerprint density at radius 1 is 1.11 bits per heavy atom. The van der Waals surface area contributed by atoms with Gasteiger partial charge in [0.05, 0.1) is 6.61 Å². The van der Waals surface area contributed by atoms with E-state index in [1.54, 1.807) is 7.05 Å². The minimum absolute atomic E-state index is 0.118. The van der Waals surface area contributed by atoms with Crippen molar-refractivity contribution in [3.63, 3.8) is 0 Å². The zero-order valence-corrected chi connectivity index (χ0v) is 14.2. The standard InChI is InChI=1S/C12H21NO2.2CH3.Ti/c1-7-8(2)10(4)11(9(7)3)12(15,6-14)13-5;;;/h11,13-15H,6H2,1-5H3;2*1H3;. The summed E-state index contributed by atoms with van der Waals surface area (Å²) in [5.74, 6) is -0.118. The van der Waals surface area contributed by atoms with Crippen LogP contribution in [0.25, 0.3) is 0 Å². The molecular weight excluding hydrogens is 262 g/mol. The molecule has 0 saturated carbocycles. The van der Waals surface area contributed by atoms with Crippen LogP contribution in [0.15, 0.2) is 22.3 Å². The fourth-order valence-electron chi connectivity index (χ4n) is 2.38. The van der Waals surface area contributed by atoms with Crippen LogP contribution in [0.4, 0.5) is 0 Å². The van der Waals surface area contributed by atoms with Gasteiger partial charge >= 0.3 is 29.6 Å². The van der Waals surface area contributed by atoms with Gasteiger partial charge in [-0.25, -0.2) is 0 Å². The molecule has 4 heteroatoms. The van der Waals surface area contributed by atoms with Crippen molar-refractivity contribution in [1.29, 1.82) is 0 Å². The molecule has 0 fully saturated rings. The molecule has 0 spiro atoms. The number of nitrogens with one attached hydrogen (secondary N) is 1. The third-order valence-electron chi connectivity index (χ3n) is 3.76. The predicted molar refractivity (Wildman–Crippen MR) is 73.1 cm³/mol. The van der Waals surface area contributed by atoms with E-state index in [1.165, 1.54) is 11.1 Å². The average molecular weight is 289 g/mol. The van der Waals surface area contributed by atoms with Crippen molar-refractivity contribution >= 4 is 0 Å². The van der Waals surface area contributed by atoms with E-state index in [4.69, 9.17) is 0 Å². The normalized spacial score (nSPS) is 19.6. The van der Waals surface area contributed by atoms with Crippen molar-refractivity contribution in [3.05, 3.63) is 22.3 Å². The molecule has 0 saturated heterocycles. The van der Waals surface area contributed by atoms with Crippen molar-refractivity contribution < 1.29 is 29.4 Å². The van der Waals surface area contributed by atoms with Crippen LogP contribution < -0.4 is 5.32 Å². The van der Waals surface area contributed by atoms with Gasteiger partial charge in [-0.2, -0.15) is 0 Å². The molecular formula is C14H27NO2Ti. The fourth-order valence-corrected chi connectivity index (χ4v) is 2.38. The second-order valence-electron chi connectivity index (χ2n) is 4.88. The van der Waals surface area contributed by atoms with Crippen LogP contribution in [-0.2, 0) is 19.2 Å². The molecule has 0 amide bonds. The SMILES string of the molecule is CNC(O)(CO)C1C(C)=C(C)C(C)=C1C.[CH3][Ti][CH3]. The Kier molecular flexibility index (Phi) is 7.64. The van der Waals surface area contributed by atoms with Gasteiger partial charge in [0.25, 0.3) is 0 Å². The van der Waals surface area contributed by atoms with Crippen molar-refractivity contribution in [1.82, 2.24) is 5.32 Å². The van der Waals surface area contributed by atoms with Gasteiger partial charge in [-0.3, -0.25) is 5.32 Å². The molecule has 1 aliphatic rings. The van der Waals surface area contributed by atoms with Gasteiger partial charge in [-0.05, 0) is 45.9 Å². The number of allylic oxidation sites excluding steroid dienone is 2. The number of hydrogen-bond acceptors (Lipinski definition) is 3. The van der Waals surface area contributed by atoms with Gasteiger partial charge in [0.1, 0.15) is 5.72 Å². The molecule has 0 aromatic carbocycles. The first-order valence-electron chi connectivity index (χ1n) is 6.26. The Morgan fingerprint density at radius 2 is 1.44 bits per heavy atom. The van der Waals surface area contributed by atoms with Crippen LogP contribution >= 0.6 is 0 Å². The Morgan fingerprint density at radius 3 is 1.67 bits per heavy atom. The van der Waals surface area contributed by atoms with Crippen LogP contribution in [0.5, 0.6) is 0 Å². The van der Waals surface area contributed by atoms with Gasteiger partial charge in [-0.1, -0.05) is 11.1 Å². The molecule has 1 unspecified atom stereocenters. The summed E-state index contributed by atoms with van der Waals surface area (Å²) in [5.41, 5.74) is 3.47. The average Bonchev–Trinajstić information content (AvgIpc) is 2.54.